The van der Waals surface area contributed by atoms with Gasteiger partial charge in [-0.3, -0.25) is 0 Å². The average molecular weight is 383 g/mol. The van der Waals surface area contributed by atoms with Crippen LogP contribution in [0.2, 0.25) is 0 Å². The fraction of sp³-hybridized carbons (Fsp3) is 0.118. The van der Waals surface area contributed by atoms with Crippen LogP contribution in [0.25, 0.3) is 17.2 Å². The van der Waals surface area contributed by atoms with Gasteiger partial charge in [0.05, 0.1) is 20.6 Å². The molecule has 2 heterocycles. The monoisotopic (exact) mass is 382 g/mol. The van der Waals surface area contributed by atoms with Crippen LogP contribution in [0.3, 0.4) is 0 Å². The molecule has 0 aromatic carbocycles. The third-order valence-electron chi connectivity index (χ3n) is 3.86. The average Bonchev–Trinajstić information content (AvgIpc) is 3.02. The Labute approximate surface area is 146 Å². The summed E-state index contributed by atoms with van der Waals surface area (Å²) in [4.78, 5) is 5.37. The van der Waals surface area contributed by atoms with E-state index in [2.05, 4.69) is 33.1 Å². The molecule has 2 aromatic rings. The number of nitrogens with two attached hydrogens (primary N) is 1. The zero-order chi connectivity index (χ0) is 16.7. The fourth-order valence-corrected chi connectivity index (χ4v) is 4.11. The molecule has 0 bridgehead atoms. The third kappa shape index (κ3) is 2.37. The van der Waals surface area contributed by atoms with Gasteiger partial charge in [0.15, 0.2) is 0 Å². The Morgan fingerprint density at radius 3 is 2.57 bits per heavy atom. The van der Waals surface area contributed by atoms with Crippen LogP contribution in [0.5, 0.6) is 0 Å². The molecule has 0 radical (unpaired) electrons. The minimum absolute atomic E-state index is 0.171. The van der Waals surface area contributed by atoms with Crippen molar-refractivity contribution >= 4 is 50.3 Å². The van der Waals surface area contributed by atoms with E-state index in [1.54, 1.807) is 11.3 Å². The number of nitriles is 2. The highest BCUT2D eigenvalue weighted by Gasteiger charge is 2.29. The largest absolute Gasteiger partial charge is 0.383 e. The van der Waals surface area contributed by atoms with Crippen molar-refractivity contribution in [3.63, 3.8) is 0 Å². The maximum Gasteiger partial charge on any atom is 0.142 e. The lowest BCUT2D eigenvalue weighted by molar-refractivity contribution is 1.22. The van der Waals surface area contributed by atoms with E-state index in [9.17, 15) is 10.5 Å². The summed E-state index contributed by atoms with van der Waals surface area (Å²) in [7, 11) is 0. The van der Waals surface area contributed by atoms with E-state index in [-0.39, 0.29) is 5.82 Å². The van der Waals surface area contributed by atoms with E-state index in [4.69, 9.17) is 5.73 Å². The van der Waals surface area contributed by atoms with Gasteiger partial charge in [-0.15, -0.1) is 11.3 Å². The molecule has 2 N–H and O–H groups in total. The number of nitrogen functional groups attached to an aromatic ring is 1. The van der Waals surface area contributed by atoms with E-state index >= 15 is 0 Å². The molecule has 1 aliphatic carbocycles. The van der Waals surface area contributed by atoms with E-state index in [0.717, 1.165) is 30.9 Å². The van der Waals surface area contributed by atoms with Gasteiger partial charge in [0.2, 0.25) is 0 Å². The number of fused-ring (bicyclic) bond motifs is 1. The van der Waals surface area contributed by atoms with Crippen molar-refractivity contribution in [2.24, 2.45) is 0 Å². The van der Waals surface area contributed by atoms with E-state index in [1.807, 2.05) is 32.1 Å². The summed E-state index contributed by atoms with van der Waals surface area (Å²) < 4.78 is 1.04. The van der Waals surface area contributed by atoms with Crippen LogP contribution in [-0.4, -0.2) is 4.98 Å². The number of thiophene rings is 1. The molecule has 0 aliphatic heterocycles. The maximum absolute atomic E-state index is 9.49. The van der Waals surface area contributed by atoms with Crippen molar-refractivity contribution < 1.29 is 0 Å². The summed E-state index contributed by atoms with van der Waals surface area (Å²) in [5.41, 5.74) is 10.7. The second kappa shape index (κ2) is 5.66. The first kappa shape index (κ1) is 15.5. The number of hydrogen-bond donors (Lipinski definition) is 1. The minimum atomic E-state index is 0.171. The number of anilines is 1. The van der Waals surface area contributed by atoms with Gasteiger partial charge in [-0.25, -0.2) is 4.98 Å². The number of nitrogens with zero attached hydrogens (tertiary/aromatic N) is 3. The Balaban J connectivity index is 2.34. The van der Waals surface area contributed by atoms with Crippen LogP contribution in [-0.2, 0) is 0 Å². The van der Waals surface area contributed by atoms with Gasteiger partial charge in [0.1, 0.15) is 18.0 Å². The molecule has 2 aromatic heterocycles. The summed E-state index contributed by atoms with van der Waals surface area (Å²) in [5, 5.41) is 18.8. The van der Waals surface area contributed by atoms with Crippen LogP contribution in [0, 0.1) is 29.6 Å². The van der Waals surface area contributed by atoms with Gasteiger partial charge in [0, 0.05) is 10.4 Å². The van der Waals surface area contributed by atoms with Gasteiger partial charge in [-0.2, -0.15) is 10.5 Å². The SMILES string of the molecule is CC1=C(C#N)c2nc(N)c(C#N)c(C)c2/C1=C\c1ccc(Br)s1. The third-order valence-corrected chi connectivity index (χ3v) is 5.44. The molecule has 0 spiro atoms. The van der Waals surface area contributed by atoms with Gasteiger partial charge in [-0.1, -0.05) is 0 Å². The molecule has 3 rings (SSSR count). The summed E-state index contributed by atoms with van der Waals surface area (Å²) in [6.07, 6.45) is 2.03. The number of allylic oxidation sites excluding steroid dienone is 3. The summed E-state index contributed by atoms with van der Waals surface area (Å²) in [6, 6.07) is 8.31. The van der Waals surface area contributed by atoms with Crippen molar-refractivity contribution in [1.82, 2.24) is 4.98 Å². The van der Waals surface area contributed by atoms with E-state index < -0.39 is 0 Å². The lowest BCUT2D eigenvalue weighted by Crippen LogP contribution is -2.03. The molecule has 112 valence electrons. The van der Waals surface area contributed by atoms with Crippen molar-refractivity contribution in [2.45, 2.75) is 13.8 Å². The standard InChI is InChI=1S/C17H11BrN4S/c1-8-11(5-10-3-4-14(18)23-10)15-9(2)13(7-20)17(21)22-16(15)12(8)6-19/h3-5H,1-2H3,(H2,21,22)/b11-5-. The molecule has 4 nitrogen and oxygen atoms in total. The van der Waals surface area contributed by atoms with Crippen molar-refractivity contribution in [2.75, 3.05) is 5.73 Å². The quantitative estimate of drug-likeness (QED) is 0.785. The number of rotatable bonds is 1. The minimum Gasteiger partial charge on any atom is -0.383 e. The van der Waals surface area contributed by atoms with Crippen LogP contribution < -0.4 is 5.73 Å². The Morgan fingerprint density at radius 2 is 2.00 bits per heavy atom. The van der Waals surface area contributed by atoms with E-state index in [1.165, 1.54) is 0 Å². The molecule has 0 saturated heterocycles. The molecular weight excluding hydrogens is 372 g/mol. The first-order valence-electron chi connectivity index (χ1n) is 6.77. The topological polar surface area (TPSA) is 86.5 Å². The lowest BCUT2D eigenvalue weighted by Gasteiger charge is -2.10. The molecule has 6 heteroatoms. The highest BCUT2D eigenvalue weighted by molar-refractivity contribution is 9.11. The van der Waals surface area contributed by atoms with Crippen LogP contribution >= 0.6 is 27.3 Å². The molecule has 0 fully saturated rings. The van der Waals surface area contributed by atoms with Crippen molar-refractivity contribution in [3.8, 4) is 12.1 Å². The van der Waals surface area contributed by atoms with Crippen molar-refractivity contribution in [1.29, 1.82) is 10.5 Å². The molecule has 0 amide bonds. The molecule has 0 saturated carbocycles. The highest BCUT2D eigenvalue weighted by Crippen LogP contribution is 2.44. The van der Waals surface area contributed by atoms with Gasteiger partial charge < -0.3 is 5.73 Å². The Bertz CT molecular complexity index is 983. The van der Waals surface area contributed by atoms with Crippen LogP contribution in [0.1, 0.15) is 34.2 Å². The Morgan fingerprint density at radius 1 is 1.26 bits per heavy atom. The molecule has 0 atom stereocenters. The Kier molecular flexibility index (Phi) is 3.81. The number of aromatic nitrogens is 1. The second-order valence-corrected chi connectivity index (χ2v) is 7.64. The first-order chi connectivity index (χ1) is 11.0. The lowest BCUT2D eigenvalue weighted by atomic mass is 9.97. The fourth-order valence-electron chi connectivity index (χ4n) is 2.74. The zero-order valence-electron chi connectivity index (χ0n) is 12.4. The highest BCUT2D eigenvalue weighted by atomic mass is 79.9. The van der Waals surface area contributed by atoms with Crippen molar-refractivity contribution in [3.05, 3.63) is 48.8 Å². The maximum atomic E-state index is 9.49. The predicted octanol–water partition coefficient (Wildman–Crippen LogP) is 4.52. The zero-order valence-corrected chi connectivity index (χ0v) is 14.8. The molecular formula is C17H11BrN4S. The smallest absolute Gasteiger partial charge is 0.142 e. The normalized spacial score (nSPS) is 14.7. The van der Waals surface area contributed by atoms with E-state index in [0.29, 0.717) is 16.8 Å². The van der Waals surface area contributed by atoms with Gasteiger partial charge in [0.25, 0.3) is 0 Å². The molecule has 23 heavy (non-hydrogen) atoms. The summed E-state index contributed by atoms with van der Waals surface area (Å²) in [5.74, 6) is 0.171. The second-order valence-electron chi connectivity index (χ2n) is 5.14. The predicted molar refractivity (Wildman–Crippen MR) is 96.2 cm³/mol. The summed E-state index contributed by atoms with van der Waals surface area (Å²) in [6.45, 7) is 3.75. The van der Waals surface area contributed by atoms with Gasteiger partial charge >= 0.3 is 0 Å². The number of halogens is 1. The Hall–Kier alpha value is -2.41. The summed E-state index contributed by atoms with van der Waals surface area (Å²) >= 11 is 5.06. The van der Waals surface area contributed by atoms with Gasteiger partial charge in [-0.05, 0) is 64.7 Å². The number of hydrogen-bond acceptors (Lipinski definition) is 5. The first-order valence-corrected chi connectivity index (χ1v) is 8.38. The number of pyridine rings is 1. The molecule has 1 aliphatic rings. The van der Waals surface area contributed by atoms with Crippen LogP contribution in [0.4, 0.5) is 5.82 Å². The van der Waals surface area contributed by atoms with Crippen LogP contribution in [0.15, 0.2) is 21.5 Å². The molecule has 0 unspecified atom stereocenters.